The first-order valence-electron chi connectivity index (χ1n) is 16.5. The lowest BCUT2D eigenvalue weighted by Gasteiger charge is -2.48. The molecule has 0 radical (unpaired) electrons. The van der Waals surface area contributed by atoms with Gasteiger partial charge in [0.15, 0.2) is 0 Å². The van der Waals surface area contributed by atoms with Crippen molar-refractivity contribution in [2.24, 2.45) is 16.7 Å². The fraction of sp³-hybridized carbons (Fsp3) is 0.600. The third-order valence-corrected chi connectivity index (χ3v) is 10.3. The van der Waals surface area contributed by atoms with E-state index in [2.05, 4.69) is 135 Å². The first-order chi connectivity index (χ1) is 20.3. The summed E-state index contributed by atoms with van der Waals surface area (Å²) >= 11 is 0. The van der Waals surface area contributed by atoms with Crippen LogP contribution in [0.4, 0.5) is 0 Å². The van der Waals surface area contributed by atoms with Crippen LogP contribution in [-0.2, 0) is 4.74 Å². The molecule has 0 spiro atoms. The smallest absolute Gasteiger partial charge is 0.103 e. The number of allylic oxidation sites excluding steroid dienone is 15. The third kappa shape index (κ3) is 8.94. The predicted octanol–water partition coefficient (Wildman–Crippen LogP) is 9.03. The molecule has 0 bridgehead atoms. The lowest BCUT2D eigenvalue weighted by atomic mass is 9.61. The zero-order valence-corrected chi connectivity index (χ0v) is 29.2. The van der Waals surface area contributed by atoms with E-state index in [1.165, 1.54) is 11.1 Å². The van der Waals surface area contributed by atoms with Crippen LogP contribution in [-0.4, -0.2) is 44.3 Å². The van der Waals surface area contributed by atoms with Crippen LogP contribution in [0.25, 0.3) is 0 Å². The minimum atomic E-state index is -0.912. The molecule has 2 aliphatic carbocycles. The maximum Gasteiger partial charge on any atom is 0.103 e. The normalized spacial score (nSPS) is 36.6. The number of aliphatic hydroxyl groups is 3. The van der Waals surface area contributed by atoms with Crippen molar-refractivity contribution in [1.29, 1.82) is 0 Å². The Labute approximate surface area is 268 Å². The Morgan fingerprint density at radius 3 is 1.77 bits per heavy atom. The van der Waals surface area contributed by atoms with Gasteiger partial charge in [-0.25, -0.2) is 0 Å². The maximum absolute atomic E-state index is 10.9. The van der Waals surface area contributed by atoms with Gasteiger partial charge in [0.05, 0.1) is 23.4 Å². The van der Waals surface area contributed by atoms with E-state index in [4.69, 9.17) is 4.74 Å². The second kappa shape index (κ2) is 14.0. The molecule has 3 aliphatic rings. The second-order valence-corrected chi connectivity index (χ2v) is 15.7. The third-order valence-electron chi connectivity index (χ3n) is 10.3. The maximum atomic E-state index is 10.9. The average Bonchev–Trinajstić information content (AvgIpc) is 3.49. The molecule has 1 heterocycles. The molecule has 2 saturated carbocycles. The Balaban J connectivity index is 1.46. The summed E-state index contributed by atoms with van der Waals surface area (Å²) in [6.45, 7) is 21.2. The highest BCUT2D eigenvalue weighted by atomic mass is 16.6. The van der Waals surface area contributed by atoms with Gasteiger partial charge in [-0.3, -0.25) is 0 Å². The number of ether oxygens (including phenoxy) is 1. The molecule has 3 N–H and O–H groups in total. The molecule has 44 heavy (non-hydrogen) atoms. The Bertz CT molecular complexity index is 1250. The van der Waals surface area contributed by atoms with E-state index < -0.39 is 11.7 Å². The molecule has 1 aliphatic heterocycles. The molecule has 0 amide bonds. The largest absolute Gasteiger partial charge is 0.393 e. The monoisotopic (exact) mass is 604 g/mol. The van der Waals surface area contributed by atoms with Crippen molar-refractivity contribution >= 4 is 0 Å². The molecule has 3 fully saturated rings. The highest BCUT2D eigenvalue weighted by Gasteiger charge is 2.75. The van der Waals surface area contributed by atoms with Crippen molar-refractivity contribution in [3.8, 4) is 0 Å². The molecule has 4 heteroatoms. The summed E-state index contributed by atoms with van der Waals surface area (Å²) in [5.74, 6) is -0.0107. The first-order valence-corrected chi connectivity index (χ1v) is 16.5. The van der Waals surface area contributed by atoms with Gasteiger partial charge in [0.1, 0.15) is 5.60 Å². The minimum absolute atomic E-state index is 0.0107. The molecule has 244 valence electrons. The Kier molecular flexibility index (Phi) is 11.6. The summed E-state index contributed by atoms with van der Waals surface area (Å²) in [5, 5.41) is 31.3. The van der Waals surface area contributed by atoms with Gasteiger partial charge in [0.2, 0.25) is 0 Å². The van der Waals surface area contributed by atoms with E-state index >= 15 is 0 Å². The van der Waals surface area contributed by atoms with Gasteiger partial charge in [-0.05, 0) is 78.1 Å². The standard InChI is InChI=1S/C40H60O4/c1-29(17-13-19-31(3)21-22-35-36(5,6)25-33(41)27-38(35,9)43)15-11-12-16-30(2)18-14-20-32(4)23-24-40-37(7,8)26-34(42)28-39(40,10)44-40/h11-22,33-35,41-43H,23-28H2,1-10H3/b12-11+,17-13+,18-14+,22-21?,29-15+,30-16+,31-19+,32-20-/t33-,34-,35?,38+,39+,40-/m0/s1. The molecular formula is C40H60O4. The van der Waals surface area contributed by atoms with Crippen LogP contribution < -0.4 is 0 Å². The summed E-state index contributed by atoms with van der Waals surface area (Å²) in [7, 11) is 0. The molecule has 1 unspecified atom stereocenters. The topological polar surface area (TPSA) is 73.2 Å². The molecule has 0 aromatic carbocycles. The molecular weight excluding hydrogens is 544 g/mol. The predicted molar refractivity (Wildman–Crippen MR) is 185 cm³/mol. The van der Waals surface area contributed by atoms with Crippen LogP contribution in [0.2, 0.25) is 0 Å². The molecule has 6 atom stereocenters. The molecule has 4 nitrogen and oxygen atoms in total. The number of hydrogen-bond donors (Lipinski definition) is 3. The molecule has 3 rings (SSSR count). The van der Waals surface area contributed by atoms with Gasteiger partial charge in [0.25, 0.3) is 0 Å². The van der Waals surface area contributed by atoms with Crippen LogP contribution in [0.3, 0.4) is 0 Å². The van der Waals surface area contributed by atoms with Gasteiger partial charge in [-0.2, -0.15) is 0 Å². The number of rotatable bonds is 11. The van der Waals surface area contributed by atoms with Crippen molar-refractivity contribution in [2.45, 2.75) is 137 Å². The van der Waals surface area contributed by atoms with Gasteiger partial charge in [-0.15, -0.1) is 0 Å². The van der Waals surface area contributed by atoms with Crippen LogP contribution in [0.5, 0.6) is 0 Å². The van der Waals surface area contributed by atoms with Crippen LogP contribution in [0.15, 0.2) is 95.2 Å². The summed E-state index contributed by atoms with van der Waals surface area (Å²) in [6, 6.07) is 0. The first kappa shape index (κ1) is 36.2. The highest BCUT2D eigenvalue weighted by molar-refractivity contribution is 5.31. The molecule has 0 aromatic rings. The fourth-order valence-electron chi connectivity index (χ4n) is 8.07. The van der Waals surface area contributed by atoms with Gasteiger partial charge in [0, 0.05) is 18.8 Å². The Hall–Kier alpha value is -2.24. The van der Waals surface area contributed by atoms with Crippen molar-refractivity contribution in [3.63, 3.8) is 0 Å². The Morgan fingerprint density at radius 1 is 0.682 bits per heavy atom. The summed E-state index contributed by atoms with van der Waals surface area (Å²) in [4.78, 5) is 0. The molecule has 0 aromatic heterocycles. The van der Waals surface area contributed by atoms with Crippen molar-refractivity contribution in [3.05, 3.63) is 95.2 Å². The number of aliphatic hydroxyl groups excluding tert-OH is 2. The number of fused-ring (bicyclic) bond motifs is 1. The number of hydrogen-bond acceptors (Lipinski definition) is 4. The van der Waals surface area contributed by atoms with Crippen molar-refractivity contribution < 1.29 is 20.1 Å². The summed E-state index contributed by atoms with van der Waals surface area (Å²) in [5.41, 5.74) is 3.41. The van der Waals surface area contributed by atoms with Crippen LogP contribution in [0.1, 0.15) is 108 Å². The lowest BCUT2D eigenvalue weighted by molar-refractivity contribution is -0.111. The van der Waals surface area contributed by atoms with E-state index in [1.807, 2.05) is 6.92 Å². The van der Waals surface area contributed by atoms with Crippen LogP contribution in [0, 0.1) is 16.7 Å². The van der Waals surface area contributed by atoms with E-state index in [0.717, 1.165) is 36.8 Å². The SMILES string of the molecule is C/C(=C/C=C/C(C)=C/C=C/C=C(C)/C=C/C=C(\C)C=CC1C(C)(C)C[C@H](O)C[C@@]1(C)O)CC[C@@]12O[C@]1(C)C[C@@H](O)CC2(C)C. The number of epoxide rings is 1. The lowest BCUT2D eigenvalue weighted by Crippen LogP contribution is -2.50. The summed E-state index contributed by atoms with van der Waals surface area (Å²) in [6.07, 6.45) is 29.2. The second-order valence-electron chi connectivity index (χ2n) is 15.7. The van der Waals surface area contributed by atoms with Crippen LogP contribution >= 0.6 is 0 Å². The highest BCUT2D eigenvalue weighted by Crippen LogP contribution is 2.67. The molecule has 1 saturated heterocycles. The fourth-order valence-corrected chi connectivity index (χ4v) is 8.07. The van der Waals surface area contributed by atoms with E-state index in [0.29, 0.717) is 12.8 Å². The zero-order chi connectivity index (χ0) is 33.0. The quantitative estimate of drug-likeness (QED) is 0.163. The van der Waals surface area contributed by atoms with E-state index in [1.54, 1.807) is 0 Å². The van der Waals surface area contributed by atoms with Crippen molar-refractivity contribution in [1.82, 2.24) is 0 Å². The van der Waals surface area contributed by atoms with Gasteiger partial charge in [-0.1, -0.05) is 123 Å². The summed E-state index contributed by atoms with van der Waals surface area (Å²) < 4.78 is 6.33. The van der Waals surface area contributed by atoms with E-state index in [9.17, 15) is 15.3 Å². The van der Waals surface area contributed by atoms with Gasteiger partial charge < -0.3 is 20.1 Å². The average molecular weight is 605 g/mol. The Morgan fingerprint density at radius 2 is 1.20 bits per heavy atom. The van der Waals surface area contributed by atoms with Crippen molar-refractivity contribution in [2.75, 3.05) is 0 Å². The zero-order valence-electron chi connectivity index (χ0n) is 29.2. The van der Waals surface area contributed by atoms with E-state index in [-0.39, 0.29) is 34.1 Å². The van der Waals surface area contributed by atoms with Gasteiger partial charge >= 0.3 is 0 Å². The minimum Gasteiger partial charge on any atom is -0.393 e.